The third-order valence-electron chi connectivity index (χ3n) is 2.88. The molecule has 0 radical (unpaired) electrons. The van der Waals surface area contributed by atoms with Gasteiger partial charge in [0.1, 0.15) is 17.0 Å². The van der Waals surface area contributed by atoms with E-state index in [1.165, 1.54) is 7.11 Å². The molecule has 0 saturated carbocycles. The van der Waals surface area contributed by atoms with Gasteiger partial charge in [-0.15, -0.1) is 0 Å². The number of carbonyl (C=O) groups is 3. The minimum Gasteiger partial charge on any atom is -0.464 e. The Morgan fingerprint density at radius 2 is 1.65 bits per heavy atom. The fraction of sp³-hybridized carbons (Fsp3) is 0.562. The Labute approximate surface area is 135 Å². The Morgan fingerprint density at radius 3 is 2.13 bits per heavy atom. The number of H-pyrrole nitrogens is 1. The molecule has 0 aromatic carbocycles. The number of aromatic nitrogens is 1. The predicted molar refractivity (Wildman–Crippen MR) is 82.6 cm³/mol. The van der Waals surface area contributed by atoms with Crippen molar-refractivity contribution in [1.82, 2.24) is 4.98 Å². The van der Waals surface area contributed by atoms with E-state index in [-0.39, 0.29) is 23.6 Å². The molecule has 0 aliphatic rings. The number of rotatable bonds is 5. The first-order chi connectivity index (χ1) is 10.6. The van der Waals surface area contributed by atoms with Crippen LogP contribution in [0.4, 0.5) is 0 Å². The zero-order chi connectivity index (χ0) is 17.8. The van der Waals surface area contributed by atoms with Crippen molar-refractivity contribution in [1.29, 1.82) is 0 Å². The fourth-order valence-electron chi connectivity index (χ4n) is 1.90. The van der Waals surface area contributed by atoms with Crippen LogP contribution in [0, 0.1) is 6.92 Å². The van der Waals surface area contributed by atoms with Crippen molar-refractivity contribution in [3.05, 3.63) is 22.5 Å². The first kappa shape index (κ1) is 18.7. The van der Waals surface area contributed by atoms with Crippen LogP contribution in [0.1, 0.15) is 71.0 Å². The van der Waals surface area contributed by atoms with Crippen molar-refractivity contribution in [2.45, 2.75) is 46.6 Å². The zero-order valence-corrected chi connectivity index (χ0v) is 14.4. The van der Waals surface area contributed by atoms with Crippen molar-refractivity contribution in [2.24, 2.45) is 0 Å². The van der Waals surface area contributed by atoms with Crippen LogP contribution in [0.25, 0.3) is 0 Å². The Bertz CT molecular complexity index is 609. The third kappa shape index (κ3) is 4.58. The lowest BCUT2D eigenvalue weighted by Crippen LogP contribution is -2.25. The van der Waals surface area contributed by atoms with Crippen LogP contribution in [0.2, 0.25) is 0 Å². The average Bonchev–Trinajstić information content (AvgIpc) is 2.79. The number of nitrogens with one attached hydrogen (secondary N) is 1. The van der Waals surface area contributed by atoms with Gasteiger partial charge in [-0.3, -0.25) is 0 Å². The quantitative estimate of drug-likeness (QED) is 0.660. The molecule has 128 valence electrons. The Balaban J connectivity index is 3.31. The highest BCUT2D eigenvalue weighted by Gasteiger charge is 2.31. The Kier molecular flexibility index (Phi) is 5.95. The SMILES string of the molecule is CCCOC(=O)c1[nH]c(C(=O)OC)c(C(=O)OC(C)(C)C)c1C. The molecule has 0 fully saturated rings. The highest BCUT2D eigenvalue weighted by atomic mass is 16.6. The molecule has 1 aromatic rings. The first-order valence-electron chi connectivity index (χ1n) is 7.33. The van der Waals surface area contributed by atoms with Gasteiger partial charge >= 0.3 is 17.9 Å². The summed E-state index contributed by atoms with van der Waals surface area (Å²) in [5.74, 6) is -2.10. The molecular weight excluding hydrogens is 302 g/mol. The maximum atomic E-state index is 12.4. The standard InChI is InChI=1S/C16H23NO6/c1-7-8-22-15(20)11-9(2)10(12(17-11)14(19)21-6)13(18)23-16(3,4)5/h17H,7-8H2,1-6H3. The Morgan fingerprint density at radius 1 is 1.04 bits per heavy atom. The molecule has 0 bridgehead atoms. The lowest BCUT2D eigenvalue weighted by molar-refractivity contribution is 0.00646. The summed E-state index contributed by atoms with van der Waals surface area (Å²) in [7, 11) is 1.19. The van der Waals surface area contributed by atoms with Crippen LogP contribution in [0.15, 0.2) is 0 Å². The molecule has 0 aliphatic heterocycles. The molecule has 1 aromatic heterocycles. The summed E-state index contributed by atoms with van der Waals surface area (Å²) in [5, 5.41) is 0. The summed E-state index contributed by atoms with van der Waals surface area (Å²) < 4.78 is 15.0. The van der Waals surface area contributed by atoms with Crippen LogP contribution in [-0.2, 0) is 14.2 Å². The maximum absolute atomic E-state index is 12.4. The largest absolute Gasteiger partial charge is 0.464 e. The molecule has 1 heterocycles. The predicted octanol–water partition coefficient (Wildman–Crippen LogP) is 2.63. The van der Waals surface area contributed by atoms with Gasteiger partial charge < -0.3 is 19.2 Å². The van der Waals surface area contributed by atoms with Crippen LogP contribution in [-0.4, -0.2) is 42.2 Å². The van der Waals surface area contributed by atoms with Crippen LogP contribution < -0.4 is 0 Å². The molecule has 23 heavy (non-hydrogen) atoms. The van der Waals surface area contributed by atoms with E-state index in [1.54, 1.807) is 27.7 Å². The average molecular weight is 325 g/mol. The molecule has 0 unspecified atom stereocenters. The van der Waals surface area contributed by atoms with Gasteiger partial charge in [-0.2, -0.15) is 0 Å². The number of carbonyl (C=O) groups excluding carboxylic acids is 3. The minimum atomic E-state index is -0.761. The van der Waals surface area contributed by atoms with Crippen LogP contribution >= 0.6 is 0 Å². The normalized spacial score (nSPS) is 11.0. The smallest absolute Gasteiger partial charge is 0.355 e. The van der Waals surface area contributed by atoms with Crippen molar-refractivity contribution in [3.8, 4) is 0 Å². The van der Waals surface area contributed by atoms with Gasteiger partial charge in [0.2, 0.25) is 0 Å². The van der Waals surface area contributed by atoms with E-state index in [0.29, 0.717) is 12.0 Å². The number of methoxy groups -OCH3 is 1. The van der Waals surface area contributed by atoms with E-state index < -0.39 is 23.5 Å². The highest BCUT2D eigenvalue weighted by Crippen LogP contribution is 2.23. The molecule has 7 nitrogen and oxygen atoms in total. The number of ether oxygens (including phenoxy) is 3. The third-order valence-corrected chi connectivity index (χ3v) is 2.88. The number of hydrogen-bond acceptors (Lipinski definition) is 6. The maximum Gasteiger partial charge on any atom is 0.355 e. The topological polar surface area (TPSA) is 94.7 Å². The summed E-state index contributed by atoms with van der Waals surface area (Å²) in [6.45, 7) is 8.78. The minimum absolute atomic E-state index is 0.0183. The second kappa shape index (κ2) is 7.30. The van der Waals surface area contributed by atoms with Gasteiger partial charge in [0.05, 0.1) is 19.3 Å². The van der Waals surface area contributed by atoms with E-state index in [0.717, 1.165) is 0 Å². The first-order valence-corrected chi connectivity index (χ1v) is 7.33. The van der Waals surface area contributed by atoms with E-state index in [9.17, 15) is 14.4 Å². The summed E-state index contributed by atoms with van der Waals surface area (Å²) >= 11 is 0. The van der Waals surface area contributed by atoms with Gasteiger partial charge in [-0.1, -0.05) is 6.92 Å². The van der Waals surface area contributed by atoms with Gasteiger partial charge in [0, 0.05) is 0 Å². The highest BCUT2D eigenvalue weighted by molar-refractivity contribution is 6.06. The molecular formula is C16H23NO6. The van der Waals surface area contributed by atoms with Crippen molar-refractivity contribution < 1.29 is 28.6 Å². The van der Waals surface area contributed by atoms with Crippen LogP contribution in [0.5, 0.6) is 0 Å². The molecule has 0 aliphatic carbocycles. The van der Waals surface area contributed by atoms with Crippen LogP contribution in [0.3, 0.4) is 0 Å². The molecule has 0 saturated heterocycles. The number of esters is 3. The van der Waals surface area contributed by atoms with Crippen molar-refractivity contribution in [2.75, 3.05) is 13.7 Å². The van der Waals surface area contributed by atoms with E-state index in [1.807, 2.05) is 6.92 Å². The van der Waals surface area contributed by atoms with Gasteiger partial charge in [-0.05, 0) is 39.7 Å². The molecule has 0 amide bonds. The summed E-state index contributed by atoms with van der Waals surface area (Å²) in [6, 6.07) is 0. The summed E-state index contributed by atoms with van der Waals surface area (Å²) in [5.41, 5.74) is -0.546. The number of hydrogen-bond donors (Lipinski definition) is 1. The van der Waals surface area contributed by atoms with Gasteiger partial charge in [0.15, 0.2) is 0 Å². The lowest BCUT2D eigenvalue weighted by Gasteiger charge is -2.19. The van der Waals surface area contributed by atoms with E-state index in [4.69, 9.17) is 9.47 Å². The second-order valence-corrected chi connectivity index (χ2v) is 6.00. The monoisotopic (exact) mass is 325 g/mol. The van der Waals surface area contributed by atoms with Gasteiger partial charge in [-0.25, -0.2) is 14.4 Å². The Hall–Kier alpha value is -2.31. The van der Waals surface area contributed by atoms with E-state index >= 15 is 0 Å². The molecule has 7 heteroatoms. The van der Waals surface area contributed by atoms with Crippen molar-refractivity contribution in [3.63, 3.8) is 0 Å². The number of aromatic amines is 1. The summed E-state index contributed by atoms with van der Waals surface area (Å²) in [4.78, 5) is 38.9. The summed E-state index contributed by atoms with van der Waals surface area (Å²) in [6.07, 6.45) is 0.661. The molecule has 0 spiro atoms. The fourth-order valence-corrected chi connectivity index (χ4v) is 1.90. The van der Waals surface area contributed by atoms with E-state index in [2.05, 4.69) is 9.72 Å². The van der Waals surface area contributed by atoms with Gasteiger partial charge in [0.25, 0.3) is 0 Å². The second-order valence-electron chi connectivity index (χ2n) is 6.00. The molecule has 0 atom stereocenters. The zero-order valence-electron chi connectivity index (χ0n) is 14.4. The molecule has 1 N–H and O–H groups in total. The van der Waals surface area contributed by atoms with Crippen molar-refractivity contribution >= 4 is 17.9 Å². The molecule has 1 rings (SSSR count). The lowest BCUT2D eigenvalue weighted by atomic mass is 10.1.